The number of benzene rings is 2. The molecule has 0 fully saturated rings. The van der Waals surface area contributed by atoms with E-state index in [1.807, 2.05) is 50.2 Å². The van der Waals surface area contributed by atoms with E-state index in [9.17, 15) is 0 Å². The van der Waals surface area contributed by atoms with E-state index >= 15 is 0 Å². The molecule has 2 unspecified atom stereocenters. The fraction of sp³-hybridized carbons (Fsp3) is 0.400. The van der Waals surface area contributed by atoms with E-state index in [0.29, 0.717) is 36.2 Å². The molecular weight excluding hydrogens is 332 g/mol. The smallest absolute Gasteiger partial charge is 0.161 e. The minimum Gasteiger partial charge on any atom is -0.493 e. The van der Waals surface area contributed by atoms with Crippen LogP contribution in [0.15, 0.2) is 36.4 Å². The van der Waals surface area contributed by atoms with Gasteiger partial charge in [0.15, 0.2) is 23.0 Å². The van der Waals surface area contributed by atoms with Gasteiger partial charge in [0, 0.05) is 12.1 Å². The van der Waals surface area contributed by atoms with Gasteiger partial charge in [0.1, 0.15) is 0 Å². The van der Waals surface area contributed by atoms with Crippen molar-refractivity contribution in [1.82, 2.24) is 0 Å². The van der Waals surface area contributed by atoms with E-state index in [4.69, 9.17) is 30.4 Å². The number of methoxy groups -OCH3 is 2. The van der Waals surface area contributed by atoms with Crippen LogP contribution in [0.5, 0.6) is 23.0 Å². The highest BCUT2D eigenvalue weighted by atomic mass is 16.5. The Labute approximate surface area is 155 Å². The number of nitrogens with two attached hydrogens (primary N) is 2. The van der Waals surface area contributed by atoms with E-state index < -0.39 is 12.1 Å². The lowest BCUT2D eigenvalue weighted by atomic mass is 9.94. The van der Waals surface area contributed by atoms with Crippen molar-refractivity contribution in [2.75, 3.05) is 27.4 Å². The Balaban J connectivity index is 2.27. The molecule has 6 heteroatoms. The molecule has 0 saturated heterocycles. The van der Waals surface area contributed by atoms with Crippen LogP contribution in [0.4, 0.5) is 0 Å². The Kier molecular flexibility index (Phi) is 7.12. The molecule has 2 atom stereocenters. The van der Waals surface area contributed by atoms with Gasteiger partial charge in [-0.2, -0.15) is 0 Å². The normalized spacial score (nSPS) is 13.0. The summed E-state index contributed by atoms with van der Waals surface area (Å²) in [5, 5.41) is 0. The minimum atomic E-state index is -0.415. The molecule has 0 aliphatic heterocycles. The van der Waals surface area contributed by atoms with Gasteiger partial charge in [0.05, 0.1) is 27.4 Å². The zero-order chi connectivity index (χ0) is 19.1. The zero-order valence-corrected chi connectivity index (χ0v) is 15.8. The first-order chi connectivity index (χ1) is 12.5. The first-order valence-electron chi connectivity index (χ1n) is 8.68. The largest absolute Gasteiger partial charge is 0.493 e. The number of hydrogen-bond donors (Lipinski definition) is 2. The average Bonchev–Trinajstić information content (AvgIpc) is 2.67. The van der Waals surface area contributed by atoms with E-state index in [2.05, 4.69) is 0 Å². The highest BCUT2D eigenvalue weighted by Crippen LogP contribution is 2.35. The molecule has 4 N–H and O–H groups in total. The van der Waals surface area contributed by atoms with Crippen LogP contribution in [0.25, 0.3) is 0 Å². The molecule has 0 spiro atoms. The fourth-order valence-electron chi connectivity index (χ4n) is 2.75. The zero-order valence-electron chi connectivity index (χ0n) is 15.8. The maximum atomic E-state index is 6.41. The van der Waals surface area contributed by atoms with Gasteiger partial charge in [-0.15, -0.1) is 0 Å². The Morgan fingerprint density at radius 3 is 1.38 bits per heavy atom. The maximum absolute atomic E-state index is 6.41. The summed E-state index contributed by atoms with van der Waals surface area (Å²) in [6, 6.07) is 10.4. The molecule has 2 aromatic carbocycles. The maximum Gasteiger partial charge on any atom is 0.161 e. The molecule has 0 saturated carbocycles. The van der Waals surface area contributed by atoms with Crippen LogP contribution in [-0.4, -0.2) is 27.4 Å². The van der Waals surface area contributed by atoms with Crippen LogP contribution >= 0.6 is 0 Å². The lowest BCUT2D eigenvalue weighted by Crippen LogP contribution is -2.26. The van der Waals surface area contributed by atoms with Crippen LogP contribution in [0, 0.1) is 0 Å². The lowest BCUT2D eigenvalue weighted by molar-refractivity contribution is 0.310. The van der Waals surface area contributed by atoms with Crippen LogP contribution in [0.1, 0.15) is 37.1 Å². The van der Waals surface area contributed by atoms with E-state index in [-0.39, 0.29) is 0 Å². The van der Waals surface area contributed by atoms with Gasteiger partial charge >= 0.3 is 0 Å². The molecule has 142 valence electrons. The van der Waals surface area contributed by atoms with Crippen molar-refractivity contribution in [1.29, 1.82) is 0 Å². The molecule has 0 amide bonds. The Hall–Kier alpha value is -2.44. The van der Waals surface area contributed by atoms with Crippen LogP contribution < -0.4 is 30.4 Å². The highest BCUT2D eigenvalue weighted by molar-refractivity contribution is 5.46. The molecule has 0 bridgehead atoms. The lowest BCUT2D eigenvalue weighted by Gasteiger charge is -2.23. The van der Waals surface area contributed by atoms with Crippen LogP contribution in [-0.2, 0) is 0 Å². The SMILES string of the molecule is CCOc1ccc(C(N)C(N)c2ccc(OCC)c(OC)c2)cc1OC. The first kappa shape index (κ1) is 19.9. The summed E-state index contributed by atoms with van der Waals surface area (Å²) >= 11 is 0. The second-order valence-corrected chi connectivity index (χ2v) is 5.74. The molecule has 0 heterocycles. The Morgan fingerprint density at radius 1 is 0.692 bits per heavy atom. The molecule has 0 aromatic heterocycles. The average molecular weight is 360 g/mol. The molecule has 2 rings (SSSR count). The summed E-state index contributed by atoms with van der Waals surface area (Å²) in [4.78, 5) is 0. The van der Waals surface area contributed by atoms with Crippen molar-refractivity contribution in [3.8, 4) is 23.0 Å². The molecule has 26 heavy (non-hydrogen) atoms. The third kappa shape index (κ3) is 4.39. The van der Waals surface area contributed by atoms with Crippen molar-refractivity contribution in [3.63, 3.8) is 0 Å². The van der Waals surface area contributed by atoms with Gasteiger partial charge < -0.3 is 30.4 Å². The Bertz CT molecular complexity index is 659. The number of ether oxygens (including phenoxy) is 4. The molecule has 6 nitrogen and oxygen atoms in total. The predicted molar refractivity (Wildman–Crippen MR) is 102 cm³/mol. The monoisotopic (exact) mass is 360 g/mol. The topological polar surface area (TPSA) is 89.0 Å². The second kappa shape index (κ2) is 9.31. The van der Waals surface area contributed by atoms with Crippen molar-refractivity contribution in [2.24, 2.45) is 11.5 Å². The molecule has 2 aromatic rings. The highest BCUT2D eigenvalue weighted by Gasteiger charge is 2.20. The van der Waals surface area contributed by atoms with E-state index in [0.717, 1.165) is 11.1 Å². The summed E-state index contributed by atoms with van der Waals surface area (Å²) in [5.41, 5.74) is 14.6. The standard InChI is InChI=1S/C20H28N2O4/c1-5-25-15-9-7-13(11-17(15)23-3)19(21)20(22)14-8-10-16(26-6-2)18(12-14)24-4/h7-12,19-20H,5-6,21-22H2,1-4H3. The number of hydrogen-bond acceptors (Lipinski definition) is 6. The van der Waals surface area contributed by atoms with Gasteiger partial charge in [-0.1, -0.05) is 12.1 Å². The molecule has 0 aliphatic rings. The van der Waals surface area contributed by atoms with Gasteiger partial charge in [-0.05, 0) is 49.2 Å². The summed E-state index contributed by atoms with van der Waals surface area (Å²) < 4.78 is 21.9. The van der Waals surface area contributed by atoms with Gasteiger partial charge in [-0.3, -0.25) is 0 Å². The summed E-state index contributed by atoms with van der Waals surface area (Å²) in [5.74, 6) is 2.64. The third-order valence-electron chi connectivity index (χ3n) is 4.13. The van der Waals surface area contributed by atoms with Crippen molar-refractivity contribution < 1.29 is 18.9 Å². The summed E-state index contributed by atoms with van der Waals surface area (Å²) in [6.45, 7) is 4.98. The van der Waals surface area contributed by atoms with Gasteiger partial charge in [0.2, 0.25) is 0 Å². The van der Waals surface area contributed by atoms with Crippen LogP contribution in [0.3, 0.4) is 0 Å². The van der Waals surface area contributed by atoms with Crippen LogP contribution in [0.2, 0.25) is 0 Å². The van der Waals surface area contributed by atoms with Crippen molar-refractivity contribution in [2.45, 2.75) is 25.9 Å². The van der Waals surface area contributed by atoms with Gasteiger partial charge in [-0.25, -0.2) is 0 Å². The van der Waals surface area contributed by atoms with Gasteiger partial charge in [0.25, 0.3) is 0 Å². The van der Waals surface area contributed by atoms with E-state index in [1.54, 1.807) is 14.2 Å². The Morgan fingerprint density at radius 2 is 1.08 bits per heavy atom. The molecular formula is C20H28N2O4. The van der Waals surface area contributed by atoms with E-state index in [1.165, 1.54) is 0 Å². The molecule has 0 aliphatic carbocycles. The summed E-state index contributed by atoms with van der Waals surface area (Å²) in [6.07, 6.45) is 0. The number of rotatable bonds is 9. The minimum absolute atomic E-state index is 0.415. The fourth-order valence-corrected chi connectivity index (χ4v) is 2.75. The second-order valence-electron chi connectivity index (χ2n) is 5.74. The third-order valence-corrected chi connectivity index (χ3v) is 4.13. The van der Waals surface area contributed by atoms with Crippen molar-refractivity contribution in [3.05, 3.63) is 47.5 Å². The molecule has 0 radical (unpaired) electrons. The van der Waals surface area contributed by atoms with Crippen molar-refractivity contribution >= 4 is 0 Å². The first-order valence-corrected chi connectivity index (χ1v) is 8.68. The summed E-state index contributed by atoms with van der Waals surface area (Å²) in [7, 11) is 3.20. The predicted octanol–water partition coefficient (Wildman–Crippen LogP) is 3.20. The quantitative estimate of drug-likeness (QED) is 0.714.